The van der Waals surface area contributed by atoms with Crippen LogP contribution < -0.4 is 4.74 Å². The Bertz CT molecular complexity index is 1030. The van der Waals surface area contributed by atoms with Crippen molar-refractivity contribution >= 4 is 17.7 Å². The number of ether oxygens (including phenoxy) is 1. The first-order chi connectivity index (χ1) is 14.1. The van der Waals surface area contributed by atoms with E-state index in [1.165, 1.54) is 27.1 Å². The number of aromatic carboxylic acids is 1. The molecule has 2 aromatic carbocycles. The van der Waals surface area contributed by atoms with E-state index >= 15 is 0 Å². The van der Waals surface area contributed by atoms with Gasteiger partial charge in [0.15, 0.2) is 0 Å². The molecule has 5 heteroatoms. The summed E-state index contributed by atoms with van der Waals surface area (Å²) in [5, 5.41) is 9.38. The van der Waals surface area contributed by atoms with Crippen LogP contribution in [-0.4, -0.2) is 22.7 Å². The largest absolute Gasteiger partial charge is 0.493 e. The Hall–Kier alpha value is -2.79. The zero-order chi connectivity index (χ0) is 20.2. The summed E-state index contributed by atoms with van der Waals surface area (Å²) in [7, 11) is 0. The van der Waals surface area contributed by atoms with Crippen LogP contribution in [0.15, 0.2) is 70.7 Å². The predicted octanol–water partition coefficient (Wildman–Crippen LogP) is 5.74. The lowest BCUT2D eigenvalue weighted by atomic mass is 9.87. The van der Waals surface area contributed by atoms with E-state index in [2.05, 4.69) is 54.4 Å². The number of pyridine rings is 1. The zero-order valence-corrected chi connectivity index (χ0v) is 17.1. The van der Waals surface area contributed by atoms with Gasteiger partial charge in [-0.25, -0.2) is 4.79 Å². The van der Waals surface area contributed by atoms with Gasteiger partial charge in [0, 0.05) is 22.2 Å². The number of fused-ring (bicyclic) bond motifs is 1. The molecule has 4 nitrogen and oxygen atoms in total. The molecule has 0 fully saturated rings. The maximum absolute atomic E-state index is 11.4. The summed E-state index contributed by atoms with van der Waals surface area (Å²) in [5.41, 5.74) is 3.61. The van der Waals surface area contributed by atoms with Gasteiger partial charge in [-0.2, -0.15) is 0 Å². The molecule has 0 amide bonds. The fourth-order valence-corrected chi connectivity index (χ4v) is 4.70. The van der Waals surface area contributed by atoms with Gasteiger partial charge >= 0.3 is 5.97 Å². The Morgan fingerprint density at radius 3 is 2.93 bits per heavy atom. The van der Waals surface area contributed by atoms with Crippen molar-refractivity contribution in [3.05, 3.63) is 83.2 Å². The van der Waals surface area contributed by atoms with Gasteiger partial charge in [0.25, 0.3) is 0 Å². The molecule has 1 N–H and O–H groups in total. The number of carboxylic acids is 1. The summed E-state index contributed by atoms with van der Waals surface area (Å²) in [5.74, 6) is 0.412. The van der Waals surface area contributed by atoms with Gasteiger partial charge in [0.05, 0.1) is 12.2 Å². The average molecular weight is 406 g/mol. The van der Waals surface area contributed by atoms with Crippen molar-refractivity contribution in [2.45, 2.75) is 41.9 Å². The summed E-state index contributed by atoms with van der Waals surface area (Å²) in [6, 6.07) is 16.4. The van der Waals surface area contributed by atoms with E-state index in [9.17, 15) is 9.90 Å². The van der Waals surface area contributed by atoms with E-state index in [0.717, 1.165) is 24.2 Å². The summed E-state index contributed by atoms with van der Waals surface area (Å²) < 4.78 is 5.96. The highest BCUT2D eigenvalue weighted by molar-refractivity contribution is 7.99. The smallest absolute Gasteiger partial charge is 0.336 e. The highest BCUT2D eigenvalue weighted by Gasteiger charge is 2.23. The Balaban J connectivity index is 1.50. The average Bonchev–Trinajstić information content (AvgIpc) is 2.74. The van der Waals surface area contributed by atoms with Gasteiger partial charge in [-0.3, -0.25) is 4.98 Å². The number of carbonyl (C=O) groups is 1. The molecule has 1 aromatic heterocycles. The molecule has 0 bridgehead atoms. The number of hydrogen-bond donors (Lipinski definition) is 1. The van der Waals surface area contributed by atoms with Crippen LogP contribution in [-0.2, 0) is 6.42 Å². The maximum Gasteiger partial charge on any atom is 0.336 e. The minimum Gasteiger partial charge on any atom is -0.493 e. The number of aromatic nitrogens is 1. The van der Waals surface area contributed by atoms with Gasteiger partial charge in [0.2, 0.25) is 0 Å². The molecular formula is C24H23NO3S. The Labute approximate surface area is 175 Å². The van der Waals surface area contributed by atoms with Gasteiger partial charge < -0.3 is 9.84 Å². The lowest BCUT2D eigenvalue weighted by molar-refractivity contribution is 0.0695. The van der Waals surface area contributed by atoms with E-state index in [-0.39, 0.29) is 0 Å². The molecular weight excluding hydrogens is 382 g/mol. The van der Waals surface area contributed by atoms with Gasteiger partial charge in [-0.15, -0.1) is 0 Å². The van der Waals surface area contributed by atoms with Crippen molar-refractivity contribution in [2.75, 3.05) is 6.61 Å². The van der Waals surface area contributed by atoms with Crippen molar-refractivity contribution in [3.63, 3.8) is 0 Å². The molecule has 29 heavy (non-hydrogen) atoms. The van der Waals surface area contributed by atoms with Crippen molar-refractivity contribution in [3.8, 4) is 5.75 Å². The number of aryl methyl sites for hydroxylation is 2. The molecule has 1 atom stereocenters. The molecule has 1 aliphatic heterocycles. The van der Waals surface area contributed by atoms with E-state index in [4.69, 9.17) is 4.74 Å². The van der Waals surface area contributed by atoms with Crippen LogP contribution in [0.4, 0.5) is 0 Å². The van der Waals surface area contributed by atoms with E-state index in [0.29, 0.717) is 24.5 Å². The number of rotatable bonds is 6. The van der Waals surface area contributed by atoms with Gasteiger partial charge in [0.1, 0.15) is 5.75 Å². The first-order valence-electron chi connectivity index (χ1n) is 9.78. The lowest BCUT2D eigenvalue weighted by Gasteiger charge is -2.26. The zero-order valence-electron chi connectivity index (χ0n) is 16.3. The molecule has 0 aliphatic carbocycles. The quantitative estimate of drug-likeness (QED) is 0.567. The molecule has 0 spiro atoms. The van der Waals surface area contributed by atoms with Crippen molar-refractivity contribution in [1.82, 2.24) is 4.98 Å². The van der Waals surface area contributed by atoms with E-state index in [1.54, 1.807) is 24.0 Å². The van der Waals surface area contributed by atoms with E-state index < -0.39 is 5.97 Å². The van der Waals surface area contributed by atoms with Crippen LogP contribution >= 0.6 is 11.8 Å². The minimum absolute atomic E-state index is 0.345. The Kier molecular flexibility index (Phi) is 5.86. The third-order valence-corrected chi connectivity index (χ3v) is 6.53. The van der Waals surface area contributed by atoms with Crippen molar-refractivity contribution < 1.29 is 14.6 Å². The van der Waals surface area contributed by atoms with Gasteiger partial charge in [-0.1, -0.05) is 36.0 Å². The summed E-state index contributed by atoms with van der Waals surface area (Å²) in [4.78, 5) is 17.9. The maximum atomic E-state index is 11.4. The summed E-state index contributed by atoms with van der Waals surface area (Å²) in [6.07, 6.45) is 5.72. The Morgan fingerprint density at radius 1 is 1.24 bits per heavy atom. The monoisotopic (exact) mass is 405 g/mol. The van der Waals surface area contributed by atoms with Crippen LogP contribution in [0, 0.1) is 6.92 Å². The number of nitrogens with zero attached hydrogens (tertiary/aromatic N) is 1. The summed E-state index contributed by atoms with van der Waals surface area (Å²) >= 11 is 1.75. The van der Waals surface area contributed by atoms with Crippen LogP contribution in [0.3, 0.4) is 0 Å². The molecule has 4 rings (SSSR count). The lowest BCUT2D eigenvalue weighted by Crippen LogP contribution is -2.15. The van der Waals surface area contributed by atoms with Crippen LogP contribution in [0.1, 0.15) is 45.8 Å². The third-order valence-electron chi connectivity index (χ3n) is 5.37. The molecule has 0 radical (unpaired) electrons. The molecule has 148 valence electrons. The highest BCUT2D eigenvalue weighted by Crippen LogP contribution is 2.40. The van der Waals surface area contributed by atoms with Crippen LogP contribution in [0.5, 0.6) is 5.75 Å². The molecule has 2 heterocycles. The first kappa shape index (κ1) is 19.5. The highest BCUT2D eigenvalue weighted by atomic mass is 32.2. The standard InChI is InChI=1S/C24H23NO3S/c1-16-4-2-3-5-23(16)29-19-8-9-20-17(11-13-28-22(20)14-19)6-7-18-15-25-12-10-21(18)24(26)27/h2-5,8-10,12,14-15,17H,6-7,11,13H2,1H3,(H,26,27). The Morgan fingerprint density at radius 2 is 2.10 bits per heavy atom. The molecule has 3 aromatic rings. The van der Waals surface area contributed by atoms with Crippen molar-refractivity contribution in [1.29, 1.82) is 0 Å². The summed E-state index contributed by atoms with van der Waals surface area (Å²) in [6.45, 7) is 2.81. The first-order valence-corrected chi connectivity index (χ1v) is 10.6. The second kappa shape index (κ2) is 8.70. The van der Waals surface area contributed by atoms with Crippen molar-refractivity contribution in [2.24, 2.45) is 0 Å². The second-order valence-electron chi connectivity index (χ2n) is 7.28. The minimum atomic E-state index is -0.896. The molecule has 0 saturated heterocycles. The molecule has 0 saturated carbocycles. The fraction of sp³-hybridized carbons (Fsp3) is 0.250. The molecule has 1 unspecified atom stereocenters. The number of hydrogen-bond acceptors (Lipinski definition) is 4. The third kappa shape index (κ3) is 4.46. The number of benzene rings is 2. The predicted molar refractivity (Wildman–Crippen MR) is 114 cm³/mol. The van der Waals surface area contributed by atoms with Crippen LogP contribution in [0.25, 0.3) is 0 Å². The topological polar surface area (TPSA) is 59.4 Å². The number of carboxylic acid groups (broad SMARTS) is 1. The normalized spacial score (nSPS) is 15.4. The van der Waals surface area contributed by atoms with Gasteiger partial charge in [-0.05, 0) is 73.1 Å². The second-order valence-corrected chi connectivity index (χ2v) is 8.39. The SMILES string of the molecule is Cc1ccccc1Sc1ccc2c(c1)OCCC2CCc1cnccc1C(=O)O. The fourth-order valence-electron chi connectivity index (χ4n) is 3.77. The van der Waals surface area contributed by atoms with Crippen LogP contribution in [0.2, 0.25) is 0 Å². The molecule has 1 aliphatic rings. The van der Waals surface area contributed by atoms with E-state index in [1.807, 2.05) is 0 Å².